The summed E-state index contributed by atoms with van der Waals surface area (Å²) in [5.74, 6) is -0.453. The molecule has 0 spiro atoms. The minimum Gasteiger partial charge on any atom is -0.497 e. The Morgan fingerprint density at radius 1 is 0.933 bits per heavy atom. The van der Waals surface area contributed by atoms with Crippen LogP contribution in [0, 0.1) is 0 Å². The maximum Gasteiger partial charge on any atom is 0.573 e. The van der Waals surface area contributed by atoms with Crippen LogP contribution in [0.15, 0.2) is 42.5 Å². The lowest BCUT2D eigenvalue weighted by molar-refractivity contribution is -0.274. The van der Waals surface area contributed by atoms with Crippen molar-refractivity contribution >= 4 is 17.6 Å². The minimum absolute atomic E-state index is 0.0348. The van der Waals surface area contributed by atoms with E-state index in [1.807, 2.05) is 0 Å². The number of alkyl halides is 3. The zero-order valence-electron chi connectivity index (χ0n) is 16.2. The van der Waals surface area contributed by atoms with Gasteiger partial charge in [0.25, 0.3) is 5.91 Å². The van der Waals surface area contributed by atoms with Crippen molar-refractivity contribution in [2.45, 2.75) is 19.2 Å². The SMILES string of the molecule is COc1cc(CCC(=O)OCC(=O)Nc2ccc(OC(F)(F)F)cc2)cc(OC)c1. The first-order chi connectivity index (χ1) is 14.2. The number of hydrogen-bond acceptors (Lipinski definition) is 6. The molecule has 0 bridgehead atoms. The number of aryl methyl sites for hydroxylation is 1. The molecule has 0 aliphatic carbocycles. The second kappa shape index (κ2) is 10.4. The van der Waals surface area contributed by atoms with Crippen LogP contribution in [0.5, 0.6) is 17.2 Å². The number of amides is 1. The maximum absolute atomic E-state index is 12.1. The molecule has 1 N–H and O–H groups in total. The van der Waals surface area contributed by atoms with Gasteiger partial charge in [-0.2, -0.15) is 0 Å². The zero-order valence-corrected chi connectivity index (χ0v) is 16.2. The van der Waals surface area contributed by atoms with E-state index in [-0.39, 0.29) is 12.1 Å². The van der Waals surface area contributed by atoms with E-state index in [1.54, 1.807) is 18.2 Å². The summed E-state index contributed by atoms with van der Waals surface area (Å²) in [7, 11) is 3.03. The number of benzene rings is 2. The van der Waals surface area contributed by atoms with Crippen LogP contribution in [0.25, 0.3) is 0 Å². The average Bonchev–Trinajstić information content (AvgIpc) is 2.70. The second-order valence-corrected chi connectivity index (χ2v) is 6.00. The van der Waals surface area contributed by atoms with Gasteiger partial charge in [-0.05, 0) is 48.4 Å². The first-order valence-electron chi connectivity index (χ1n) is 8.72. The number of esters is 1. The molecule has 7 nitrogen and oxygen atoms in total. The van der Waals surface area contributed by atoms with Gasteiger partial charge in [0, 0.05) is 18.2 Å². The van der Waals surface area contributed by atoms with Gasteiger partial charge in [0.1, 0.15) is 17.2 Å². The highest BCUT2D eigenvalue weighted by Gasteiger charge is 2.30. The van der Waals surface area contributed by atoms with Crippen molar-refractivity contribution in [3.63, 3.8) is 0 Å². The molecule has 0 aliphatic rings. The Morgan fingerprint density at radius 3 is 2.07 bits per heavy atom. The first-order valence-corrected chi connectivity index (χ1v) is 8.72. The van der Waals surface area contributed by atoms with Gasteiger partial charge in [-0.25, -0.2) is 0 Å². The molecule has 2 rings (SSSR count). The highest BCUT2D eigenvalue weighted by atomic mass is 19.4. The van der Waals surface area contributed by atoms with Crippen LogP contribution >= 0.6 is 0 Å². The Labute approximate surface area is 170 Å². The summed E-state index contributed by atoms with van der Waals surface area (Å²) in [6.45, 7) is -0.527. The Balaban J connectivity index is 1.77. The van der Waals surface area contributed by atoms with Crippen molar-refractivity contribution in [2.75, 3.05) is 26.1 Å². The normalized spacial score (nSPS) is 10.8. The average molecular weight is 427 g/mol. The molecule has 0 atom stereocenters. The molecule has 0 fully saturated rings. The zero-order chi connectivity index (χ0) is 22.1. The smallest absolute Gasteiger partial charge is 0.497 e. The van der Waals surface area contributed by atoms with E-state index in [4.69, 9.17) is 14.2 Å². The highest BCUT2D eigenvalue weighted by molar-refractivity contribution is 5.92. The maximum atomic E-state index is 12.1. The first kappa shape index (κ1) is 22.9. The van der Waals surface area contributed by atoms with E-state index < -0.39 is 30.6 Å². The van der Waals surface area contributed by atoms with Crippen LogP contribution in [-0.4, -0.2) is 39.1 Å². The number of halogens is 3. The quantitative estimate of drug-likeness (QED) is 0.615. The fraction of sp³-hybridized carbons (Fsp3) is 0.300. The van der Waals surface area contributed by atoms with Crippen molar-refractivity contribution in [3.05, 3.63) is 48.0 Å². The van der Waals surface area contributed by atoms with E-state index >= 15 is 0 Å². The molecule has 1 amide bonds. The van der Waals surface area contributed by atoms with E-state index in [2.05, 4.69) is 10.1 Å². The lowest BCUT2D eigenvalue weighted by atomic mass is 10.1. The van der Waals surface area contributed by atoms with Gasteiger partial charge in [-0.1, -0.05) is 0 Å². The molecule has 0 aliphatic heterocycles. The van der Waals surface area contributed by atoms with Gasteiger partial charge in [-0.3, -0.25) is 9.59 Å². The van der Waals surface area contributed by atoms with Gasteiger partial charge in [0.2, 0.25) is 0 Å². The lowest BCUT2D eigenvalue weighted by Crippen LogP contribution is -2.21. The molecule has 0 heterocycles. The summed E-state index contributed by atoms with van der Waals surface area (Å²) < 4.78 is 55.3. The Kier molecular flexibility index (Phi) is 7.90. The molecule has 30 heavy (non-hydrogen) atoms. The molecule has 0 radical (unpaired) electrons. The molecule has 0 unspecified atom stereocenters. The van der Waals surface area contributed by atoms with Crippen molar-refractivity contribution in [3.8, 4) is 17.2 Å². The number of carbonyl (C=O) groups excluding carboxylic acids is 2. The van der Waals surface area contributed by atoms with Crippen LogP contribution in [0.2, 0.25) is 0 Å². The third-order valence-corrected chi connectivity index (χ3v) is 3.76. The van der Waals surface area contributed by atoms with E-state index in [9.17, 15) is 22.8 Å². The fourth-order valence-corrected chi connectivity index (χ4v) is 2.41. The molecular weight excluding hydrogens is 407 g/mol. The van der Waals surface area contributed by atoms with Crippen LogP contribution in [-0.2, 0) is 20.7 Å². The summed E-state index contributed by atoms with van der Waals surface area (Å²) in [5.41, 5.74) is 1.03. The molecule has 10 heteroatoms. The number of anilines is 1. The van der Waals surface area contributed by atoms with E-state index in [1.165, 1.54) is 26.4 Å². The van der Waals surface area contributed by atoms with Gasteiger partial charge >= 0.3 is 12.3 Å². The molecule has 0 aromatic heterocycles. The van der Waals surface area contributed by atoms with Gasteiger partial charge < -0.3 is 24.3 Å². The molecule has 162 valence electrons. The van der Waals surface area contributed by atoms with Crippen LogP contribution in [0.1, 0.15) is 12.0 Å². The molecule has 2 aromatic rings. The van der Waals surface area contributed by atoms with Gasteiger partial charge in [-0.15, -0.1) is 13.2 Å². The number of hydrogen-bond donors (Lipinski definition) is 1. The Bertz CT molecular complexity index is 846. The lowest BCUT2D eigenvalue weighted by Gasteiger charge is -2.10. The monoisotopic (exact) mass is 427 g/mol. The van der Waals surface area contributed by atoms with Crippen LogP contribution < -0.4 is 19.5 Å². The van der Waals surface area contributed by atoms with Crippen molar-refractivity contribution < 1.29 is 41.7 Å². The summed E-state index contributed by atoms with van der Waals surface area (Å²) in [5, 5.41) is 2.41. The number of carbonyl (C=O) groups is 2. The summed E-state index contributed by atoms with van der Waals surface area (Å²) in [6, 6.07) is 9.79. The van der Waals surface area contributed by atoms with Gasteiger partial charge in [0.05, 0.1) is 14.2 Å². The number of rotatable bonds is 9. The molecular formula is C20H20F3NO6. The minimum atomic E-state index is -4.80. The molecule has 2 aromatic carbocycles. The number of nitrogens with one attached hydrogen (secondary N) is 1. The molecule has 0 saturated carbocycles. The Hall–Kier alpha value is -3.43. The number of methoxy groups -OCH3 is 2. The van der Waals surface area contributed by atoms with Crippen LogP contribution in [0.3, 0.4) is 0 Å². The van der Waals surface area contributed by atoms with E-state index in [0.29, 0.717) is 17.9 Å². The topological polar surface area (TPSA) is 83.1 Å². The molecule has 0 saturated heterocycles. The predicted molar refractivity (Wildman–Crippen MR) is 101 cm³/mol. The van der Waals surface area contributed by atoms with Crippen molar-refractivity contribution in [2.24, 2.45) is 0 Å². The summed E-state index contributed by atoms with van der Waals surface area (Å²) >= 11 is 0. The highest BCUT2D eigenvalue weighted by Crippen LogP contribution is 2.24. The van der Waals surface area contributed by atoms with Crippen molar-refractivity contribution in [1.82, 2.24) is 0 Å². The van der Waals surface area contributed by atoms with Crippen molar-refractivity contribution in [1.29, 1.82) is 0 Å². The summed E-state index contributed by atoms with van der Waals surface area (Å²) in [6.07, 6.45) is -4.41. The second-order valence-electron chi connectivity index (χ2n) is 6.00. The summed E-state index contributed by atoms with van der Waals surface area (Å²) in [4.78, 5) is 23.7. The third-order valence-electron chi connectivity index (χ3n) is 3.76. The number of ether oxygens (including phenoxy) is 4. The third kappa shape index (κ3) is 7.90. The van der Waals surface area contributed by atoms with Crippen LogP contribution in [0.4, 0.5) is 18.9 Å². The van der Waals surface area contributed by atoms with E-state index in [0.717, 1.165) is 17.7 Å². The standard InChI is InChI=1S/C20H20F3NO6/c1-27-16-9-13(10-17(11-16)28-2)3-8-19(26)29-12-18(25)24-14-4-6-15(7-5-14)30-20(21,22)23/h4-7,9-11H,3,8,12H2,1-2H3,(H,24,25). The fourth-order valence-electron chi connectivity index (χ4n) is 2.41. The predicted octanol–water partition coefficient (Wildman–Crippen LogP) is 3.72. The van der Waals surface area contributed by atoms with Gasteiger partial charge in [0.15, 0.2) is 6.61 Å². The largest absolute Gasteiger partial charge is 0.573 e. The Morgan fingerprint density at radius 2 is 1.53 bits per heavy atom.